The van der Waals surface area contributed by atoms with Crippen molar-refractivity contribution in [1.29, 1.82) is 0 Å². The number of carboxylic acids is 5. The Morgan fingerprint density at radius 3 is 1.27 bits per heavy atom. The summed E-state index contributed by atoms with van der Waals surface area (Å²) >= 11 is 0. The first-order chi connectivity index (χ1) is 22.3. The first kappa shape index (κ1) is 48.1. The molecule has 1 aromatic carbocycles. The van der Waals surface area contributed by atoms with Crippen molar-refractivity contribution in [3.8, 4) is 0 Å². The van der Waals surface area contributed by atoms with E-state index in [1.54, 1.807) is 24.3 Å². The molecule has 0 radical (unpaired) electrons. The third kappa shape index (κ3) is 31.7. The predicted octanol–water partition coefficient (Wildman–Crippen LogP) is 2.37. The number of benzene rings is 1. The van der Waals surface area contributed by atoms with Gasteiger partial charge in [-0.25, -0.2) is 0 Å². The maximum atomic E-state index is 12.1. The van der Waals surface area contributed by atoms with E-state index in [0.717, 1.165) is 5.56 Å². The molecule has 1 rings (SSSR count). The molecule has 48 heavy (non-hydrogen) atoms. The number of carboxylic acid groups (broad SMARTS) is 5. The van der Waals surface area contributed by atoms with E-state index in [9.17, 15) is 48.0 Å². The molecule has 18 nitrogen and oxygen atoms in total. The van der Waals surface area contributed by atoms with Crippen molar-refractivity contribution in [3.63, 3.8) is 0 Å². The molecule has 0 spiro atoms. The Morgan fingerprint density at radius 2 is 0.938 bits per heavy atom. The van der Waals surface area contributed by atoms with Crippen molar-refractivity contribution in [1.82, 2.24) is 0 Å². The Kier molecular flexibility index (Phi) is 27.9. The van der Waals surface area contributed by atoms with Crippen LogP contribution in [0.3, 0.4) is 0 Å². The Morgan fingerprint density at radius 1 is 0.583 bits per heavy atom. The molecule has 0 aliphatic rings. The average molecular weight is 727 g/mol. The van der Waals surface area contributed by atoms with Crippen molar-refractivity contribution in [3.05, 3.63) is 35.9 Å². The van der Waals surface area contributed by atoms with E-state index in [1.165, 1.54) is 0 Å². The standard InChI is InChI=1S/C15H21O6P.C11H19O8P.2CO2/c16-14(17)8-4-5-9-22(20,21)11-13(15(18)19)10-12-6-2-1-3-7-12;12-9(13)3-1-2-6-20(18,19)7-8(11(16)17)4-5-10(14)15;2*2-1-3/h1-3,6-7,13H,4-5,8-11H2,(H,16,17)(H,18,19)(H,20,21);8H,1-7H2,(H,12,13)(H,14,15)(H,16,17)(H,18,19);;. The predicted molar refractivity (Wildman–Crippen MR) is 161 cm³/mol. The van der Waals surface area contributed by atoms with Crippen LogP contribution in [-0.2, 0) is 58.7 Å². The quantitative estimate of drug-likeness (QED) is 0.0706. The van der Waals surface area contributed by atoms with Gasteiger partial charge < -0.3 is 35.3 Å². The summed E-state index contributed by atoms with van der Waals surface area (Å²) in [6.07, 6.45) is 0.0685. The lowest BCUT2D eigenvalue weighted by Gasteiger charge is -2.17. The fourth-order valence-electron chi connectivity index (χ4n) is 3.86. The van der Waals surface area contributed by atoms with E-state index in [4.69, 9.17) is 39.6 Å². The minimum absolute atomic E-state index is 0.0428. The van der Waals surface area contributed by atoms with E-state index in [0.29, 0.717) is 12.8 Å². The summed E-state index contributed by atoms with van der Waals surface area (Å²) in [4.78, 5) is 105. The molecule has 7 N–H and O–H groups in total. The number of rotatable bonds is 21. The highest BCUT2D eigenvalue weighted by Gasteiger charge is 2.30. The van der Waals surface area contributed by atoms with Gasteiger partial charge in [0.2, 0.25) is 14.7 Å². The van der Waals surface area contributed by atoms with Crippen LogP contribution < -0.4 is 0 Å². The molecule has 0 aromatic heterocycles. The molecular weight excluding hydrogens is 686 g/mol. The number of hydrogen-bond acceptors (Lipinski definition) is 11. The van der Waals surface area contributed by atoms with Crippen LogP contribution >= 0.6 is 14.7 Å². The van der Waals surface area contributed by atoms with Gasteiger partial charge in [0.1, 0.15) is 0 Å². The number of carbonyl (C=O) groups is 5. The zero-order chi connectivity index (χ0) is 37.8. The van der Waals surface area contributed by atoms with Crippen LogP contribution in [0.1, 0.15) is 56.9 Å². The van der Waals surface area contributed by atoms with Crippen LogP contribution in [-0.4, -0.2) is 102 Å². The first-order valence-electron chi connectivity index (χ1n) is 14.0. The minimum Gasteiger partial charge on any atom is -0.481 e. The molecule has 0 saturated heterocycles. The fraction of sp³-hybridized carbons (Fsp3) is 0.536. The molecule has 4 atom stereocenters. The van der Waals surface area contributed by atoms with Crippen molar-refractivity contribution in [2.75, 3.05) is 24.6 Å². The van der Waals surface area contributed by atoms with Crippen LogP contribution in [0, 0.1) is 11.8 Å². The summed E-state index contributed by atoms with van der Waals surface area (Å²) in [5.74, 6) is -7.60. The van der Waals surface area contributed by atoms with E-state index >= 15 is 0 Å². The number of hydrogen-bond donors (Lipinski definition) is 7. The van der Waals surface area contributed by atoms with Gasteiger partial charge in [-0.05, 0) is 44.1 Å². The van der Waals surface area contributed by atoms with Crippen molar-refractivity contribution in [2.45, 2.75) is 57.8 Å². The van der Waals surface area contributed by atoms with Crippen LogP contribution in [0.5, 0.6) is 0 Å². The molecule has 4 unspecified atom stereocenters. The second-order valence-electron chi connectivity index (χ2n) is 10.1. The molecule has 0 saturated carbocycles. The van der Waals surface area contributed by atoms with Crippen molar-refractivity contribution >= 4 is 56.9 Å². The van der Waals surface area contributed by atoms with Gasteiger partial charge in [-0.3, -0.25) is 33.1 Å². The van der Waals surface area contributed by atoms with Gasteiger partial charge in [0.25, 0.3) is 0 Å². The molecule has 0 bridgehead atoms. The van der Waals surface area contributed by atoms with Gasteiger partial charge in [-0.15, -0.1) is 0 Å². The summed E-state index contributed by atoms with van der Waals surface area (Å²) in [6, 6.07) is 8.96. The zero-order valence-electron chi connectivity index (χ0n) is 25.7. The van der Waals surface area contributed by atoms with E-state index < -0.39 is 62.6 Å². The lowest BCUT2D eigenvalue weighted by molar-refractivity contribution is -0.193. The summed E-state index contributed by atoms with van der Waals surface area (Å²) < 4.78 is 23.9. The van der Waals surface area contributed by atoms with E-state index in [-0.39, 0.29) is 75.7 Å². The number of carbonyl (C=O) groups excluding carboxylic acids is 4. The lowest BCUT2D eigenvalue weighted by atomic mass is 10.0. The van der Waals surface area contributed by atoms with Gasteiger partial charge in [0.05, 0.1) is 11.8 Å². The first-order valence-corrected chi connectivity index (χ1v) is 18.1. The van der Waals surface area contributed by atoms with Crippen molar-refractivity contribution < 1.29 is 87.6 Å². The Labute approximate surface area is 274 Å². The van der Waals surface area contributed by atoms with Crippen LogP contribution in [0.25, 0.3) is 0 Å². The van der Waals surface area contributed by atoms with Gasteiger partial charge in [0, 0.05) is 43.9 Å². The van der Waals surface area contributed by atoms with E-state index in [1.807, 2.05) is 6.07 Å². The summed E-state index contributed by atoms with van der Waals surface area (Å²) in [6.45, 7) is 0. The molecule has 0 fully saturated rings. The zero-order valence-corrected chi connectivity index (χ0v) is 27.5. The highest BCUT2D eigenvalue weighted by atomic mass is 31.2. The highest BCUT2D eigenvalue weighted by Crippen LogP contribution is 2.45. The Balaban J connectivity index is -0.000000726. The van der Waals surface area contributed by atoms with E-state index in [2.05, 4.69) is 0 Å². The normalized spacial score (nSPS) is 13.5. The van der Waals surface area contributed by atoms with Gasteiger partial charge in [-0.1, -0.05) is 30.3 Å². The fourth-order valence-corrected chi connectivity index (χ4v) is 7.66. The largest absolute Gasteiger partial charge is 0.481 e. The monoisotopic (exact) mass is 726 g/mol. The maximum Gasteiger partial charge on any atom is 0.373 e. The molecule has 0 aliphatic carbocycles. The van der Waals surface area contributed by atoms with Crippen LogP contribution in [0.15, 0.2) is 30.3 Å². The number of aliphatic carboxylic acids is 5. The average Bonchev–Trinajstić information content (AvgIpc) is 2.96. The second-order valence-corrected chi connectivity index (χ2v) is 15.1. The summed E-state index contributed by atoms with van der Waals surface area (Å²) in [5.41, 5.74) is 0.806. The molecule has 270 valence electrons. The topological polar surface area (TPSA) is 329 Å². The molecule has 0 amide bonds. The highest BCUT2D eigenvalue weighted by molar-refractivity contribution is 7.58. The van der Waals surface area contributed by atoms with Crippen molar-refractivity contribution in [2.24, 2.45) is 11.8 Å². The molecule has 20 heteroatoms. The Hall–Kier alpha value is -4.29. The van der Waals surface area contributed by atoms with Crippen LogP contribution in [0.2, 0.25) is 0 Å². The molecule has 1 aromatic rings. The van der Waals surface area contributed by atoms with Gasteiger partial charge >= 0.3 is 42.1 Å². The molecule has 0 aliphatic heterocycles. The van der Waals surface area contributed by atoms with Gasteiger partial charge in [0.15, 0.2) is 0 Å². The second kappa shape index (κ2) is 27.8. The molecular formula is C28H40O18P2. The minimum atomic E-state index is -3.69. The smallest absolute Gasteiger partial charge is 0.373 e. The molecule has 0 heterocycles. The third-order valence-electron chi connectivity index (χ3n) is 6.04. The summed E-state index contributed by atoms with van der Waals surface area (Å²) in [5, 5.41) is 43.5. The van der Waals surface area contributed by atoms with Crippen LogP contribution in [0.4, 0.5) is 0 Å². The third-order valence-corrected chi connectivity index (χ3v) is 10.1. The Bertz CT molecular complexity index is 1290. The lowest BCUT2D eigenvalue weighted by Crippen LogP contribution is -2.21. The summed E-state index contributed by atoms with van der Waals surface area (Å²) in [7, 11) is -7.26. The number of unbranched alkanes of at least 4 members (excludes halogenated alkanes) is 2. The van der Waals surface area contributed by atoms with Gasteiger partial charge in [-0.2, -0.15) is 19.2 Å². The SMILES string of the molecule is O=C(O)CCCCP(=O)(O)CC(CCC(=O)O)C(=O)O.O=C(O)CCCCP(=O)(O)CC(Cc1ccccc1)C(=O)O.O=C=O.O=C=O. The maximum absolute atomic E-state index is 12.1.